The molecule has 1 atom stereocenters. The Morgan fingerprint density at radius 1 is 1.18 bits per heavy atom. The summed E-state index contributed by atoms with van der Waals surface area (Å²) in [5.74, 6) is 5.05. The van der Waals surface area contributed by atoms with Crippen molar-refractivity contribution in [2.75, 3.05) is 61.0 Å². The first-order valence-electron chi connectivity index (χ1n) is 8.42. The molecule has 6 heteroatoms. The van der Waals surface area contributed by atoms with Gasteiger partial charge in [-0.15, -0.1) is 0 Å². The zero-order valence-electron chi connectivity index (χ0n) is 13.5. The van der Waals surface area contributed by atoms with Crippen LogP contribution in [0.3, 0.4) is 0 Å². The van der Waals surface area contributed by atoms with Gasteiger partial charge in [-0.3, -0.25) is 0 Å². The lowest BCUT2D eigenvalue weighted by Gasteiger charge is -2.27. The van der Waals surface area contributed by atoms with Crippen LogP contribution in [0.2, 0.25) is 0 Å². The molecule has 3 heterocycles. The summed E-state index contributed by atoms with van der Waals surface area (Å²) in [5, 5.41) is 3.49. The van der Waals surface area contributed by atoms with Crippen molar-refractivity contribution in [2.45, 2.75) is 19.8 Å². The number of rotatable bonds is 6. The first kappa shape index (κ1) is 15.9. The average Bonchev–Trinajstić information content (AvgIpc) is 3.07. The van der Waals surface area contributed by atoms with E-state index in [0.717, 1.165) is 31.3 Å². The van der Waals surface area contributed by atoms with Crippen LogP contribution in [0.5, 0.6) is 0 Å². The Bertz CT molecular complexity index is 458. The third-order valence-corrected chi connectivity index (χ3v) is 5.33. The molecule has 122 valence electrons. The molecule has 1 aromatic rings. The highest BCUT2D eigenvalue weighted by Crippen LogP contribution is 2.19. The van der Waals surface area contributed by atoms with Crippen LogP contribution in [0.15, 0.2) is 12.4 Å². The van der Waals surface area contributed by atoms with Gasteiger partial charge in [0.05, 0.1) is 0 Å². The maximum Gasteiger partial charge on any atom is 0.134 e. The highest BCUT2D eigenvalue weighted by atomic mass is 32.2. The molecular weight excluding hydrogens is 294 g/mol. The number of thioether (sulfide) groups is 1. The minimum atomic E-state index is 0.642. The Morgan fingerprint density at radius 2 is 1.95 bits per heavy atom. The van der Waals surface area contributed by atoms with E-state index in [4.69, 9.17) is 0 Å². The summed E-state index contributed by atoms with van der Waals surface area (Å²) in [7, 11) is 0. The molecule has 2 fully saturated rings. The lowest BCUT2D eigenvalue weighted by atomic mass is 10.1. The van der Waals surface area contributed by atoms with Gasteiger partial charge in [0.1, 0.15) is 18.0 Å². The van der Waals surface area contributed by atoms with Crippen molar-refractivity contribution in [1.29, 1.82) is 0 Å². The molecule has 0 radical (unpaired) electrons. The van der Waals surface area contributed by atoms with Gasteiger partial charge in [-0.25, -0.2) is 9.97 Å². The van der Waals surface area contributed by atoms with Gasteiger partial charge in [0.15, 0.2) is 0 Å². The first-order valence-corrected chi connectivity index (χ1v) is 9.58. The van der Waals surface area contributed by atoms with E-state index in [1.165, 1.54) is 44.0 Å². The normalized spacial score (nSPS) is 21.0. The predicted octanol–water partition coefficient (Wildman–Crippen LogP) is 2.17. The summed E-state index contributed by atoms with van der Waals surface area (Å²) in [6, 6.07) is 2.10. The van der Waals surface area contributed by atoms with Gasteiger partial charge in [-0.05, 0) is 31.8 Å². The topological polar surface area (TPSA) is 44.3 Å². The Hall–Kier alpha value is -1.01. The van der Waals surface area contributed by atoms with Gasteiger partial charge in [0.2, 0.25) is 0 Å². The van der Waals surface area contributed by atoms with Gasteiger partial charge in [0.25, 0.3) is 0 Å². The highest BCUT2D eigenvalue weighted by molar-refractivity contribution is 7.99. The van der Waals surface area contributed by atoms with Gasteiger partial charge in [-0.1, -0.05) is 6.92 Å². The van der Waals surface area contributed by atoms with Crippen molar-refractivity contribution in [1.82, 2.24) is 14.9 Å². The van der Waals surface area contributed by atoms with Crippen LogP contribution >= 0.6 is 11.8 Å². The summed E-state index contributed by atoms with van der Waals surface area (Å²) >= 11 is 2.02. The van der Waals surface area contributed by atoms with E-state index in [0.29, 0.717) is 5.92 Å². The molecule has 2 aliphatic heterocycles. The van der Waals surface area contributed by atoms with Crippen molar-refractivity contribution in [2.24, 2.45) is 5.92 Å². The van der Waals surface area contributed by atoms with Crippen LogP contribution in [0, 0.1) is 5.92 Å². The molecule has 5 nitrogen and oxygen atoms in total. The third kappa shape index (κ3) is 4.49. The predicted molar refractivity (Wildman–Crippen MR) is 94.9 cm³/mol. The van der Waals surface area contributed by atoms with Crippen molar-refractivity contribution in [3.05, 3.63) is 12.4 Å². The van der Waals surface area contributed by atoms with Crippen LogP contribution < -0.4 is 10.2 Å². The van der Waals surface area contributed by atoms with E-state index >= 15 is 0 Å². The number of aromatic nitrogens is 2. The molecule has 0 aliphatic carbocycles. The molecule has 0 amide bonds. The molecule has 1 unspecified atom stereocenters. The Morgan fingerprint density at radius 3 is 2.73 bits per heavy atom. The molecule has 1 aromatic heterocycles. The zero-order chi connectivity index (χ0) is 15.2. The van der Waals surface area contributed by atoms with Crippen LogP contribution in [0.4, 0.5) is 11.6 Å². The number of hydrogen-bond acceptors (Lipinski definition) is 6. The van der Waals surface area contributed by atoms with Gasteiger partial charge in [0, 0.05) is 43.8 Å². The SMILES string of the molecule is CC(CNc1cc(N2CCSCC2)ncn1)CN1CCCC1. The highest BCUT2D eigenvalue weighted by Gasteiger charge is 2.15. The van der Waals surface area contributed by atoms with Crippen LogP contribution in [0.1, 0.15) is 19.8 Å². The number of likely N-dealkylation sites (tertiary alicyclic amines) is 1. The maximum absolute atomic E-state index is 4.43. The molecule has 1 N–H and O–H groups in total. The second-order valence-corrected chi connectivity index (χ2v) is 7.58. The molecule has 3 rings (SSSR count). The molecule has 0 bridgehead atoms. The zero-order valence-corrected chi connectivity index (χ0v) is 14.3. The smallest absolute Gasteiger partial charge is 0.134 e. The van der Waals surface area contributed by atoms with E-state index in [9.17, 15) is 0 Å². The summed E-state index contributed by atoms with van der Waals surface area (Å²) in [4.78, 5) is 13.7. The Labute approximate surface area is 137 Å². The molecule has 0 spiro atoms. The Balaban J connectivity index is 1.49. The minimum Gasteiger partial charge on any atom is -0.370 e. The van der Waals surface area contributed by atoms with Gasteiger partial charge < -0.3 is 15.1 Å². The number of anilines is 2. The lowest BCUT2D eigenvalue weighted by Crippen LogP contribution is -2.33. The molecule has 0 aromatic carbocycles. The standard InChI is InChI=1S/C16H27N5S/c1-14(12-20-4-2-3-5-20)11-17-15-10-16(19-13-18-15)21-6-8-22-9-7-21/h10,13-14H,2-9,11-12H2,1H3,(H,17,18,19). The summed E-state index contributed by atoms with van der Waals surface area (Å²) in [5.41, 5.74) is 0. The van der Waals surface area contributed by atoms with E-state index < -0.39 is 0 Å². The fraction of sp³-hybridized carbons (Fsp3) is 0.750. The molecule has 2 aliphatic rings. The van der Waals surface area contributed by atoms with Crippen molar-refractivity contribution in [3.8, 4) is 0 Å². The van der Waals surface area contributed by atoms with Crippen LogP contribution in [-0.2, 0) is 0 Å². The summed E-state index contributed by atoms with van der Waals surface area (Å²) < 4.78 is 0. The average molecular weight is 321 g/mol. The van der Waals surface area contributed by atoms with E-state index in [1.54, 1.807) is 6.33 Å². The molecule has 2 saturated heterocycles. The second-order valence-electron chi connectivity index (χ2n) is 6.35. The van der Waals surface area contributed by atoms with Crippen molar-refractivity contribution >= 4 is 23.4 Å². The number of hydrogen-bond donors (Lipinski definition) is 1. The molecule has 22 heavy (non-hydrogen) atoms. The number of nitrogens with zero attached hydrogens (tertiary/aromatic N) is 4. The second kappa shape index (κ2) is 8.02. The number of nitrogens with one attached hydrogen (secondary N) is 1. The van der Waals surface area contributed by atoms with Gasteiger partial charge >= 0.3 is 0 Å². The maximum atomic E-state index is 4.43. The fourth-order valence-corrected chi connectivity index (χ4v) is 4.06. The minimum absolute atomic E-state index is 0.642. The lowest BCUT2D eigenvalue weighted by molar-refractivity contribution is 0.294. The van der Waals surface area contributed by atoms with E-state index in [-0.39, 0.29) is 0 Å². The first-order chi connectivity index (χ1) is 10.8. The Kier molecular flexibility index (Phi) is 5.78. The van der Waals surface area contributed by atoms with Crippen molar-refractivity contribution in [3.63, 3.8) is 0 Å². The largest absolute Gasteiger partial charge is 0.370 e. The summed E-state index contributed by atoms with van der Waals surface area (Å²) in [6.07, 6.45) is 4.41. The van der Waals surface area contributed by atoms with Crippen LogP contribution in [0.25, 0.3) is 0 Å². The summed E-state index contributed by atoms with van der Waals surface area (Å²) in [6.45, 7) is 9.20. The van der Waals surface area contributed by atoms with Gasteiger partial charge in [-0.2, -0.15) is 11.8 Å². The van der Waals surface area contributed by atoms with Crippen LogP contribution in [-0.4, -0.2) is 65.6 Å². The van der Waals surface area contributed by atoms with E-state index in [2.05, 4.69) is 38.1 Å². The third-order valence-electron chi connectivity index (χ3n) is 4.39. The van der Waals surface area contributed by atoms with Crippen molar-refractivity contribution < 1.29 is 0 Å². The van der Waals surface area contributed by atoms with E-state index in [1.807, 2.05) is 11.8 Å². The molecule has 0 saturated carbocycles. The molecular formula is C16H27N5S. The monoisotopic (exact) mass is 321 g/mol. The quantitative estimate of drug-likeness (QED) is 0.866. The fourth-order valence-electron chi connectivity index (χ4n) is 3.16.